The molecule has 0 aliphatic rings. The van der Waals surface area contributed by atoms with Crippen LogP contribution in [0.3, 0.4) is 0 Å². The summed E-state index contributed by atoms with van der Waals surface area (Å²) < 4.78 is 14.0. The van der Waals surface area contributed by atoms with Crippen molar-refractivity contribution in [2.75, 3.05) is 11.1 Å². The summed E-state index contributed by atoms with van der Waals surface area (Å²) in [6, 6.07) is 10.4. The lowest BCUT2D eigenvalue weighted by Gasteiger charge is -2.17. The van der Waals surface area contributed by atoms with Gasteiger partial charge in [0.05, 0.1) is 0 Å². The molecular formula is C16H22FN5. The smallest absolute Gasteiger partial charge is 0.228 e. The van der Waals surface area contributed by atoms with E-state index in [2.05, 4.69) is 32.4 Å². The van der Waals surface area contributed by atoms with E-state index in [1.807, 2.05) is 25.1 Å². The summed E-state index contributed by atoms with van der Waals surface area (Å²) in [5.41, 5.74) is 5.25. The fraction of sp³-hybridized carbons (Fsp3) is 0.438. The number of halogens is 1. The lowest BCUT2D eigenvalue weighted by atomic mass is 10.1. The Morgan fingerprint density at radius 3 is 2.50 bits per heavy atom. The molecule has 0 bridgehead atoms. The molecule has 1 aromatic carbocycles. The van der Waals surface area contributed by atoms with E-state index in [0.29, 0.717) is 5.95 Å². The highest BCUT2D eigenvalue weighted by atomic mass is 19.1. The largest absolute Gasteiger partial charge is 0.368 e. The number of hydrogen-bond donors (Lipinski definition) is 2. The second-order valence-electron chi connectivity index (χ2n) is 5.88. The number of nitrogen functional groups attached to an aromatic ring is 1. The lowest BCUT2D eigenvalue weighted by Crippen LogP contribution is -2.22. The zero-order valence-corrected chi connectivity index (χ0v) is 13.2. The second-order valence-corrected chi connectivity index (χ2v) is 5.88. The third-order valence-corrected chi connectivity index (χ3v) is 3.27. The van der Waals surface area contributed by atoms with Crippen LogP contribution < -0.4 is 11.1 Å². The Morgan fingerprint density at radius 2 is 1.86 bits per heavy atom. The third-order valence-electron chi connectivity index (χ3n) is 3.27. The maximum absolute atomic E-state index is 14.0. The molecule has 0 saturated heterocycles. The number of anilines is 2. The fourth-order valence-electron chi connectivity index (χ4n) is 2.04. The Morgan fingerprint density at radius 1 is 1.18 bits per heavy atom. The van der Waals surface area contributed by atoms with Crippen LogP contribution in [0.1, 0.15) is 38.6 Å². The maximum Gasteiger partial charge on any atom is 0.228 e. The fourth-order valence-corrected chi connectivity index (χ4v) is 2.04. The SMILES string of the molecule is C[C@@H](CCc1ccccc1)Nc1nc(N)nc(C(C)(C)F)n1. The zero-order valence-electron chi connectivity index (χ0n) is 13.2. The standard InChI is InChI=1S/C16H22FN5/c1-11(9-10-12-7-5-4-6-8-12)19-15-21-13(16(2,3)17)20-14(18)22-15/h4-8,11H,9-10H2,1-3H3,(H3,18,19,20,21,22)/t11-/m0/s1. The van der Waals surface area contributed by atoms with Crippen molar-refractivity contribution in [3.05, 3.63) is 41.7 Å². The molecule has 0 aliphatic heterocycles. The number of nitrogens with zero attached hydrogens (tertiary/aromatic N) is 3. The van der Waals surface area contributed by atoms with Crippen LogP contribution in [0.5, 0.6) is 0 Å². The van der Waals surface area contributed by atoms with Crippen molar-refractivity contribution in [2.45, 2.75) is 45.3 Å². The van der Waals surface area contributed by atoms with Gasteiger partial charge in [0.1, 0.15) is 0 Å². The molecule has 0 aliphatic carbocycles. The highest BCUT2D eigenvalue weighted by Crippen LogP contribution is 2.22. The van der Waals surface area contributed by atoms with Crippen LogP contribution in [0, 0.1) is 0 Å². The van der Waals surface area contributed by atoms with E-state index in [4.69, 9.17) is 5.73 Å². The van der Waals surface area contributed by atoms with Crippen LogP contribution in [-0.4, -0.2) is 21.0 Å². The predicted octanol–water partition coefficient (Wildman–Crippen LogP) is 3.09. The Labute approximate surface area is 130 Å². The number of hydrogen-bond acceptors (Lipinski definition) is 5. The number of nitrogens with one attached hydrogen (secondary N) is 1. The monoisotopic (exact) mass is 303 g/mol. The molecule has 2 rings (SSSR count). The molecule has 3 N–H and O–H groups in total. The van der Waals surface area contributed by atoms with Crippen LogP contribution in [0.4, 0.5) is 16.3 Å². The van der Waals surface area contributed by atoms with Crippen molar-refractivity contribution in [2.24, 2.45) is 0 Å². The topological polar surface area (TPSA) is 76.7 Å². The van der Waals surface area contributed by atoms with Gasteiger partial charge < -0.3 is 11.1 Å². The lowest BCUT2D eigenvalue weighted by molar-refractivity contribution is 0.206. The Kier molecular flexibility index (Phi) is 4.90. The highest BCUT2D eigenvalue weighted by Gasteiger charge is 2.24. The van der Waals surface area contributed by atoms with E-state index < -0.39 is 5.67 Å². The van der Waals surface area contributed by atoms with Gasteiger partial charge in [0, 0.05) is 6.04 Å². The van der Waals surface area contributed by atoms with Gasteiger partial charge in [-0.15, -0.1) is 0 Å². The molecule has 5 nitrogen and oxygen atoms in total. The van der Waals surface area contributed by atoms with Crippen molar-refractivity contribution >= 4 is 11.9 Å². The van der Waals surface area contributed by atoms with Crippen LogP contribution >= 0.6 is 0 Å². The minimum absolute atomic E-state index is 0.0217. The van der Waals surface area contributed by atoms with Crippen LogP contribution in [0.25, 0.3) is 0 Å². The van der Waals surface area contributed by atoms with Crippen LogP contribution in [0.2, 0.25) is 0 Å². The molecule has 1 heterocycles. The number of aryl methyl sites for hydroxylation is 1. The summed E-state index contributed by atoms with van der Waals surface area (Å²) in [6.45, 7) is 4.82. The molecule has 0 amide bonds. The third kappa shape index (κ3) is 4.65. The number of rotatable bonds is 6. The number of aromatic nitrogens is 3. The van der Waals surface area contributed by atoms with E-state index in [-0.39, 0.29) is 17.8 Å². The van der Waals surface area contributed by atoms with E-state index in [0.717, 1.165) is 12.8 Å². The van der Waals surface area contributed by atoms with Crippen molar-refractivity contribution in [3.63, 3.8) is 0 Å². The number of nitrogens with two attached hydrogens (primary N) is 1. The van der Waals surface area contributed by atoms with E-state index >= 15 is 0 Å². The zero-order chi connectivity index (χ0) is 16.2. The van der Waals surface area contributed by atoms with Crippen molar-refractivity contribution < 1.29 is 4.39 Å². The molecule has 1 aromatic heterocycles. The summed E-state index contributed by atoms with van der Waals surface area (Å²) in [5, 5.41) is 3.16. The van der Waals surface area contributed by atoms with Gasteiger partial charge in [-0.25, -0.2) is 4.39 Å². The Hall–Kier alpha value is -2.24. The minimum atomic E-state index is -1.65. The van der Waals surface area contributed by atoms with Crippen molar-refractivity contribution in [1.29, 1.82) is 0 Å². The quantitative estimate of drug-likeness (QED) is 0.857. The number of benzene rings is 1. The first kappa shape index (κ1) is 16.1. The molecule has 0 spiro atoms. The molecule has 0 fully saturated rings. The predicted molar refractivity (Wildman–Crippen MR) is 86.2 cm³/mol. The van der Waals surface area contributed by atoms with Gasteiger partial charge in [0.15, 0.2) is 11.5 Å². The van der Waals surface area contributed by atoms with Gasteiger partial charge in [-0.2, -0.15) is 15.0 Å². The first-order chi connectivity index (χ1) is 10.3. The van der Waals surface area contributed by atoms with Gasteiger partial charge in [0.25, 0.3) is 0 Å². The van der Waals surface area contributed by atoms with E-state index in [1.54, 1.807) is 0 Å². The average Bonchev–Trinajstić information content (AvgIpc) is 2.45. The van der Waals surface area contributed by atoms with Crippen molar-refractivity contribution in [3.8, 4) is 0 Å². The molecule has 0 unspecified atom stereocenters. The summed E-state index contributed by atoms with van der Waals surface area (Å²) in [7, 11) is 0. The van der Waals surface area contributed by atoms with Crippen LogP contribution in [-0.2, 0) is 12.1 Å². The maximum atomic E-state index is 14.0. The van der Waals surface area contributed by atoms with Gasteiger partial charge in [-0.3, -0.25) is 0 Å². The van der Waals surface area contributed by atoms with Gasteiger partial charge >= 0.3 is 0 Å². The summed E-state index contributed by atoms with van der Waals surface area (Å²) in [5.74, 6) is 0.375. The minimum Gasteiger partial charge on any atom is -0.368 e. The molecule has 0 radical (unpaired) electrons. The van der Waals surface area contributed by atoms with Gasteiger partial charge in [-0.05, 0) is 39.2 Å². The van der Waals surface area contributed by atoms with Crippen molar-refractivity contribution in [1.82, 2.24) is 15.0 Å². The molecule has 6 heteroatoms. The second kappa shape index (κ2) is 6.68. The normalized spacial score (nSPS) is 12.9. The van der Waals surface area contributed by atoms with Gasteiger partial charge in [0.2, 0.25) is 11.9 Å². The van der Waals surface area contributed by atoms with Gasteiger partial charge in [-0.1, -0.05) is 30.3 Å². The molecule has 118 valence electrons. The highest BCUT2D eigenvalue weighted by molar-refractivity contribution is 5.33. The molecule has 2 aromatic rings. The van der Waals surface area contributed by atoms with Crippen LogP contribution in [0.15, 0.2) is 30.3 Å². The molecule has 1 atom stereocenters. The average molecular weight is 303 g/mol. The van der Waals surface area contributed by atoms with E-state index in [1.165, 1.54) is 19.4 Å². The summed E-state index contributed by atoms with van der Waals surface area (Å²) >= 11 is 0. The Bertz CT molecular complexity index is 610. The summed E-state index contributed by atoms with van der Waals surface area (Å²) in [4.78, 5) is 12.0. The first-order valence-corrected chi connectivity index (χ1v) is 7.36. The molecular weight excluding hydrogens is 281 g/mol. The summed E-state index contributed by atoms with van der Waals surface area (Å²) in [6.07, 6.45) is 1.85. The molecule has 0 saturated carbocycles. The Balaban J connectivity index is 1.99. The first-order valence-electron chi connectivity index (χ1n) is 7.36. The van der Waals surface area contributed by atoms with E-state index in [9.17, 15) is 4.39 Å². The molecule has 22 heavy (non-hydrogen) atoms. The number of alkyl halides is 1.